The van der Waals surface area contributed by atoms with Gasteiger partial charge in [0.1, 0.15) is 5.75 Å². The molecule has 0 bridgehead atoms. The Labute approximate surface area is 202 Å². The third-order valence-electron chi connectivity index (χ3n) is 5.20. The van der Waals surface area contributed by atoms with E-state index in [0.717, 1.165) is 12.8 Å². The zero-order valence-corrected chi connectivity index (χ0v) is 20.5. The number of rotatable bonds is 15. The van der Waals surface area contributed by atoms with Crippen LogP contribution < -0.4 is 19.6 Å². The number of hydrazone groups is 1. The van der Waals surface area contributed by atoms with Crippen molar-refractivity contribution in [3.8, 4) is 17.2 Å². The van der Waals surface area contributed by atoms with Gasteiger partial charge in [-0.3, -0.25) is 4.79 Å². The third-order valence-corrected chi connectivity index (χ3v) is 5.20. The van der Waals surface area contributed by atoms with Gasteiger partial charge in [-0.2, -0.15) is 5.10 Å². The van der Waals surface area contributed by atoms with E-state index < -0.39 is 5.97 Å². The largest absolute Gasteiger partial charge is 0.494 e. The van der Waals surface area contributed by atoms with Crippen molar-refractivity contribution in [2.45, 2.75) is 65.2 Å². The fourth-order valence-electron chi connectivity index (χ4n) is 3.34. The molecule has 0 heterocycles. The molecule has 1 amide bonds. The van der Waals surface area contributed by atoms with Gasteiger partial charge in [0.25, 0.3) is 0 Å². The standard InChI is InChI=1S/C27H36N2O5/c1-4-6-7-8-9-10-11-12-26(30)29-28-20-21-13-18-24(25(19-21)32-3)34-27(31)22-14-16-23(17-15-22)33-5-2/h13-20H,4-12H2,1-3H3,(H,29,30)/b28-20-. The van der Waals surface area contributed by atoms with Gasteiger partial charge in [0.15, 0.2) is 11.5 Å². The third kappa shape index (κ3) is 9.65. The summed E-state index contributed by atoms with van der Waals surface area (Å²) >= 11 is 0. The summed E-state index contributed by atoms with van der Waals surface area (Å²) in [7, 11) is 1.49. The first-order chi connectivity index (χ1) is 16.6. The zero-order chi connectivity index (χ0) is 24.6. The summed E-state index contributed by atoms with van der Waals surface area (Å²) in [6.45, 7) is 4.66. The van der Waals surface area contributed by atoms with E-state index in [1.807, 2.05) is 6.92 Å². The van der Waals surface area contributed by atoms with Crippen molar-refractivity contribution < 1.29 is 23.8 Å². The number of amides is 1. The molecule has 7 heteroatoms. The summed E-state index contributed by atoms with van der Waals surface area (Å²) in [6, 6.07) is 11.8. The Bertz CT molecular complexity index is 925. The van der Waals surface area contributed by atoms with Crippen molar-refractivity contribution in [2.24, 2.45) is 5.10 Å². The number of carbonyl (C=O) groups is 2. The van der Waals surface area contributed by atoms with Crippen LogP contribution in [0.25, 0.3) is 0 Å². The topological polar surface area (TPSA) is 86.2 Å². The predicted molar refractivity (Wildman–Crippen MR) is 134 cm³/mol. The van der Waals surface area contributed by atoms with Gasteiger partial charge in [0, 0.05) is 6.42 Å². The molecule has 7 nitrogen and oxygen atoms in total. The maximum Gasteiger partial charge on any atom is 0.343 e. The summed E-state index contributed by atoms with van der Waals surface area (Å²) in [4.78, 5) is 24.4. The van der Waals surface area contributed by atoms with Crippen LogP contribution in [0.4, 0.5) is 0 Å². The van der Waals surface area contributed by atoms with E-state index in [4.69, 9.17) is 14.2 Å². The summed E-state index contributed by atoms with van der Waals surface area (Å²) in [5.41, 5.74) is 3.66. The minimum Gasteiger partial charge on any atom is -0.494 e. The first kappa shape index (κ1) is 26.9. The van der Waals surface area contributed by atoms with Crippen molar-refractivity contribution in [1.29, 1.82) is 0 Å². The van der Waals surface area contributed by atoms with Gasteiger partial charge in [-0.1, -0.05) is 45.4 Å². The molecule has 0 aliphatic carbocycles. The van der Waals surface area contributed by atoms with Gasteiger partial charge in [0.2, 0.25) is 5.91 Å². The van der Waals surface area contributed by atoms with Crippen molar-refractivity contribution in [3.05, 3.63) is 53.6 Å². The van der Waals surface area contributed by atoms with Crippen molar-refractivity contribution in [1.82, 2.24) is 5.43 Å². The fraction of sp³-hybridized carbons (Fsp3) is 0.444. The highest BCUT2D eigenvalue weighted by atomic mass is 16.6. The normalized spacial score (nSPS) is 10.8. The zero-order valence-electron chi connectivity index (χ0n) is 20.5. The summed E-state index contributed by atoms with van der Waals surface area (Å²) in [5, 5.41) is 4.02. The van der Waals surface area contributed by atoms with Crippen LogP contribution in [0.2, 0.25) is 0 Å². The van der Waals surface area contributed by atoms with Crippen LogP contribution in [0.15, 0.2) is 47.6 Å². The van der Waals surface area contributed by atoms with Gasteiger partial charge in [-0.05, 0) is 61.4 Å². The minimum absolute atomic E-state index is 0.0994. The number of unbranched alkanes of at least 4 members (excludes halogenated alkanes) is 6. The number of esters is 1. The Morgan fingerprint density at radius 1 is 0.912 bits per heavy atom. The predicted octanol–water partition coefficient (Wildman–Crippen LogP) is 5.90. The molecule has 2 aromatic rings. The Morgan fingerprint density at radius 2 is 1.62 bits per heavy atom. The molecule has 0 aliphatic heterocycles. The molecule has 0 aliphatic rings. The first-order valence-electron chi connectivity index (χ1n) is 12.0. The second-order valence-electron chi connectivity index (χ2n) is 7.92. The van der Waals surface area contributed by atoms with Gasteiger partial charge in [-0.15, -0.1) is 0 Å². The van der Waals surface area contributed by atoms with Gasteiger partial charge in [0.05, 0.1) is 25.5 Å². The molecule has 1 N–H and O–H groups in total. The first-order valence-corrected chi connectivity index (χ1v) is 12.0. The van der Waals surface area contributed by atoms with Crippen LogP contribution in [-0.4, -0.2) is 31.8 Å². The fourth-order valence-corrected chi connectivity index (χ4v) is 3.34. The quantitative estimate of drug-likeness (QED) is 0.116. The van der Waals surface area contributed by atoms with E-state index in [-0.39, 0.29) is 5.91 Å². The number of nitrogens with one attached hydrogen (secondary N) is 1. The molecule has 0 atom stereocenters. The molecule has 0 unspecified atom stereocenters. The average molecular weight is 469 g/mol. The molecule has 184 valence electrons. The minimum atomic E-state index is -0.500. The molecule has 0 aromatic heterocycles. The number of hydrogen-bond donors (Lipinski definition) is 1. The monoisotopic (exact) mass is 468 g/mol. The Balaban J connectivity index is 1.83. The molecule has 0 fully saturated rings. The van der Waals surface area contributed by atoms with Gasteiger partial charge in [-0.25, -0.2) is 10.2 Å². The maximum absolute atomic E-state index is 12.5. The van der Waals surface area contributed by atoms with Gasteiger partial charge < -0.3 is 14.2 Å². The van der Waals surface area contributed by atoms with E-state index in [0.29, 0.717) is 41.4 Å². The Morgan fingerprint density at radius 3 is 2.29 bits per heavy atom. The van der Waals surface area contributed by atoms with E-state index >= 15 is 0 Å². The highest BCUT2D eigenvalue weighted by molar-refractivity contribution is 5.91. The lowest BCUT2D eigenvalue weighted by atomic mass is 10.1. The molecule has 34 heavy (non-hydrogen) atoms. The highest BCUT2D eigenvalue weighted by Crippen LogP contribution is 2.28. The van der Waals surface area contributed by atoms with Crippen molar-refractivity contribution >= 4 is 18.1 Å². The number of benzene rings is 2. The van der Waals surface area contributed by atoms with E-state index in [1.54, 1.807) is 42.5 Å². The van der Waals surface area contributed by atoms with Gasteiger partial charge >= 0.3 is 5.97 Å². The van der Waals surface area contributed by atoms with Crippen LogP contribution in [0.5, 0.6) is 17.2 Å². The lowest BCUT2D eigenvalue weighted by Gasteiger charge is -2.10. The smallest absolute Gasteiger partial charge is 0.343 e. The summed E-state index contributed by atoms with van der Waals surface area (Å²) in [6.07, 6.45) is 10.1. The lowest BCUT2D eigenvalue weighted by molar-refractivity contribution is -0.121. The molecule has 0 saturated heterocycles. The molecule has 0 radical (unpaired) electrons. The number of hydrogen-bond acceptors (Lipinski definition) is 6. The van der Waals surface area contributed by atoms with Crippen molar-refractivity contribution in [2.75, 3.05) is 13.7 Å². The number of ether oxygens (including phenoxy) is 3. The molecule has 2 rings (SSSR count). The Kier molecular flexibility index (Phi) is 12.2. The van der Waals surface area contributed by atoms with Crippen LogP contribution in [0.3, 0.4) is 0 Å². The molecular formula is C27H36N2O5. The van der Waals surface area contributed by atoms with E-state index in [9.17, 15) is 9.59 Å². The van der Waals surface area contributed by atoms with Crippen molar-refractivity contribution in [3.63, 3.8) is 0 Å². The molecule has 2 aromatic carbocycles. The number of carbonyl (C=O) groups excluding carboxylic acids is 2. The van der Waals surface area contributed by atoms with Crippen LogP contribution in [0.1, 0.15) is 81.1 Å². The lowest BCUT2D eigenvalue weighted by Crippen LogP contribution is -2.16. The second-order valence-corrected chi connectivity index (χ2v) is 7.92. The second kappa shape index (κ2) is 15.5. The van der Waals surface area contributed by atoms with E-state index in [2.05, 4.69) is 17.5 Å². The highest BCUT2D eigenvalue weighted by Gasteiger charge is 2.13. The summed E-state index contributed by atoms with van der Waals surface area (Å²) < 4.78 is 16.2. The number of methoxy groups -OCH3 is 1. The van der Waals surface area contributed by atoms with Crippen LogP contribution in [0, 0.1) is 0 Å². The molecular weight excluding hydrogens is 432 g/mol. The summed E-state index contributed by atoms with van der Waals surface area (Å²) in [5.74, 6) is 0.770. The Hall–Kier alpha value is -3.35. The number of nitrogens with zero attached hydrogens (tertiary/aromatic N) is 1. The molecule has 0 spiro atoms. The average Bonchev–Trinajstić information content (AvgIpc) is 2.85. The van der Waals surface area contributed by atoms with Crippen LogP contribution in [-0.2, 0) is 4.79 Å². The molecule has 0 saturated carbocycles. The maximum atomic E-state index is 12.5. The van der Waals surface area contributed by atoms with Crippen LogP contribution >= 0.6 is 0 Å². The SMILES string of the molecule is CCCCCCCCCC(=O)N/N=C\c1ccc(OC(=O)c2ccc(OCC)cc2)c(OC)c1. The van der Waals surface area contributed by atoms with E-state index in [1.165, 1.54) is 45.4 Å².